The normalized spacial score (nSPS) is 14.2. The number of hydrogen-bond acceptors (Lipinski definition) is 4. The molecule has 0 bridgehead atoms. The summed E-state index contributed by atoms with van der Waals surface area (Å²) in [7, 11) is 0. The summed E-state index contributed by atoms with van der Waals surface area (Å²) in [5.41, 5.74) is 9.61. The van der Waals surface area contributed by atoms with Crippen LogP contribution in [0.5, 0.6) is 0 Å². The lowest BCUT2D eigenvalue weighted by Crippen LogP contribution is -2.20. The Morgan fingerprint density at radius 1 is 1.41 bits per heavy atom. The summed E-state index contributed by atoms with van der Waals surface area (Å²) in [5.74, 6) is -1.19. The van der Waals surface area contributed by atoms with Gasteiger partial charge in [0.05, 0.1) is 29.3 Å². The van der Waals surface area contributed by atoms with Crippen molar-refractivity contribution in [1.29, 1.82) is 0 Å². The average molecular weight is 300 g/mol. The number of fused-ring (bicyclic) bond motifs is 3. The summed E-state index contributed by atoms with van der Waals surface area (Å²) in [5, 5.41) is 9.38. The van der Waals surface area contributed by atoms with E-state index in [0.717, 1.165) is 42.0 Å². The molecule has 1 atom stereocenters. The number of hydrogen-bond donors (Lipinski definition) is 2. The second-order valence-corrected chi connectivity index (χ2v) is 5.65. The fraction of sp³-hybridized carbons (Fsp3) is 0.438. The van der Waals surface area contributed by atoms with Crippen LogP contribution in [-0.4, -0.2) is 32.2 Å². The molecule has 22 heavy (non-hydrogen) atoms. The molecule has 0 saturated carbocycles. The zero-order valence-corrected chi connectivity index (χ0v) is 12.4. The maximum Gasteiger partial charge on any atom is 0.306 e. The lowest BCUT2D eigenvalue weighted by Gasteiger charge is -2.19. The van der Waals surface area contributed by atoms with E-state index in [1.54, 1.807) is 12.5 Å². The fourth-order valence-corrected chi connectivity index (χ4v) is 3.04. The summed E-state index contributed by atoms with van der Waals surface area (Å²) < 4.78 is 2.04. The molecule has 6 heteroatoms. The monoisotopic (exact) mass is 300 g/mol. The molecule has 0 aliphatic carbocycles. The van der Waals surface area contributed by atoms with Gasteiger partial charge in [-0.1, -0.05) is 0 Å². The van der Waals surface area contributed by atoms with Gasteiger partial charge in [-0.2, -0.15) is 0 Å². The summed E-state index contributed by atoms with van der Waals surface area (Å²) in [6.07, 6.45) is 7.09. The number of nitrogens with two attached hydrogens (primary N) is 1. The van der Waals surface area contributed by atoms with Crippen LogP contribution in [0, 0.1) is 5.92 Å². The van der Waals surface area contributed by atoms with Crippen molar-refractivity contribution in [1.82, 2.24) is 14.5 Å². The molecular weight excluding hydrogens is 280 g/mol. The number of nitrogens with zero attached hydrogens (tertiary/aromatic N) is 3. The van der Waals surface area contributed by atoms with Crippen LogP contribution in [0.1, 0.15) is 29.9 Å². The molecule has 2 aromatic rings. The standard InChI is InChI=1S/C16H20N4O2/c17-7-1-3-11(16(21)22)9-13-15-6-5-12-14(4-2-8-18-12)20(15)10-19-13/h2,4,8,10-11H,1,3,5-7,9,17H2,(H,21,22). The summed E-state index contributed by atoms with van der Waals surface area (Å²) in [6, 6.07) is 3.94. The van der Waals surface area contributed by atoms with Crippen molar-refractivity contribution < 1.29 is 9.90 Å². The molecule has 2 aromatic heterocycles. The molecule has 1 aliphatic heterocycles. The van der Waals surface area contributed by atoms with Crippen molar-refractivity contribution in [3.8, 4) is 5.69 Å². The Kier molecular flexibility index (Phi) is 4.20. The minimum absolute atomic E-state index is 0.418. The number of aryl methyl sites for hydroxylation is 1. The van der Waals surface area contributed by atoms with Crippen LogP contribution >= 0.6 is 0 Å². The number of rotatable bonds is 6. The molecule has 0 spiro atoms. The second kappa shape index (κ2) is 6.27. The fourth-order valence-electron chi connectivity index (χ4n) is 3.04. The summed E-state index contributed by atoms with van der Waals surface area (Å²) in [4.78, 5) is 20.3. The minimum atomic E-state index is -0.770. The van der Waals surface area contributed by atoms with E-state index in [0.29, 0.717) is 19.4 Å². The number of carboxylic acids is 1. The highest BCUT2D eigenvalue weighted by molar-refractivity contribution is 5.70. The highest BCUT2D eigenvalue weighted by Gasteiger charge is 2.24. The Hall–Kier alpha value is -2.21. The molecule has 0 fully saturated rings. The third-order valence-electron chi connectivity index (χ3n) is 4.22. The first-order chi connectivity index (χ1) is 10.7. The molecule has 1 aliphatic rings. The SMILES string of the molecule is NCCCC(Cc1ncn2c1CCc1ncccc1-2)C(=O)O. The van der Waals surface area contributed by atoms with Crippen molar-refractivity contribution in [2.45, 2.75) is 32.1 Å². The topological polar surface area (TPSA) is 94.0 Å². The van der Waals surface area contributed by atoms with Gasteiger partial charge in [0.1, 0.15) is 0 Å². The van der Waals surface area contributed by atoms with E-state index in [1.807, 2.05) is 16.7 Å². The molecule has 3 rings (SSSR count). The molecule has 0 aromatic carbocycles. The molecule has 1 unspecified atom stereocenters. The van der Waals surface area contributed by atoms with Crippen LogP contribution in [0.3, 0.4) is 0 Å². The maximum absolute atomic E-state index is 11.4. The molecule has 6 nitrogen and oxygen atoms in total. The lowest BCUT2D eigenvalue weighted by molar-refractivity contribution is -0.142. The molecule has 116 valence electrons. The quantitative estimate of drug-likeness (QED) is 0.839. The van der Waals surface area contributed by atoms with Crippen molar-refractivity contribution in [3.05, 3.63) is 41.7 Å². The number of aromatic nitrogens is 3. The highest BCUT2D eigenvalue weighted by Crippen LogP contribution is 2.26. The van der Waals surface area contributed by atoms with Crippen LogP contribution in [-0.2, 0) is 24.1 Å². The van der Waals surface area contributed by atoms with Gasteiger partial charge in [0, 0.05) is 18.3 Å². The third-order valence-corrected chi connectivity index (χ3v) is 4.22. The van der Waals surface area contributed by atoms with E-state index < -0.39 is 11.9 Å². The minimum Gasteiger partial charge on any atom is -0.481 e. The van der Waals surface area contributed by atoms with Crippen molar-refractivity contribution >= 4 is 5.97 Å². The Labute approximate surface area is 129 Å². The van der Waals surface area contributed by atoms with Gasteiger partial charge in [-0.05, 0) is 44.4 Å². The largest absolute Gasteiger partial charge is 0.481 e. The number of pyridine rings is 1. The second-order valence-electron chi connectivity index (χ2n) is 5.65. The lowest BCUT2D eigenvalue weighted by atomic mass is 9.95. The van der Waals surface area contributed by atoms with E-state index in [9.17, 15) is 9.90 Å². The van der Waals surface area contributed by atoms with Crippen LogP contribution in [0.15, 0.2) is 24.7 Å². The Morgan fingerprint density at radius 2 is 2.27 bits per heavy atom. The van der Waals surface area contributed by atoms with E-state index in [2.05, 4.69) is 9.97 Å². The van der Waals surface area contributed by atoms with Gasteiger partial charge in [0.15, 0.2) is 0 Å². The zero-order chi connectivity index (χ0) is 15.5. The summed E-state index contributed by atoms with van der Waals surface area (Å²) >= 11 is 0. The Balaban J connectivity index is 1.86. The Bertz CT molecular complexity index is 681. The van der Waals surface area contributed by atoms with Crippen molar-refractivity contribution in [2.75, 3.05) is 6.54 Å². The molecule has 0 amide bonds. The van der Waals surface area contributed by atoms with Gasteiger partial charge in [0.2, 0.25) is 0 Å². The number of aliphatic carboxylic acids is 1. The van der Waals surface area contributed by atoms with Gasteiger partial charge in [-0.15, -0.1) is 0 Å². The number of imidazole rings is 1. The third kappa shape index (κ3) is 2.74. The molecule has 3 N–H and O–H groups in total. The first-order valence-corrected chi connectivity index (χ1v) is 7.63. The predicted molar refractivity (Wildman–Crippen MR) is 81.9 cm³/mol. The van der Waals surface area contributed by atoms with E-state index >= 15 is 0 Å². The van der Waals surface area contributed by atoms with E-state index in [4.69, 9.17) is 5.73 Å². The maximum atomic E-state index is 11.4. The van der Waals surface area contributed by atoms with Crippen molar-refractivity contribution in [2.24, 2.45) is 11.7 Å². The molecule has 3 heterocycles. The zero-order valence-electron chi connectivity index (χ0n) is 12.4. The van der Waals surface area contributed by atoms with Crippen LogP contribution < -0.4 is 5.73 Å². The number of carbonyl (C=O) groups is 1. The summed E-state index contributed by atoms with van der Waals surface area (Å²) in [6.45, 7) is 0.518. The van der Waals surface area contributed by atoms with Gasteiger partial charge >= 0.3 is 5.97 Å². The first-order valence-electron chi connectivity index (χ1n) is 7.63. The van der Waals surface area contributed by atoms with Crippen LogP contribution in [0.2, 0.25) is 0 Å². The molecule has 0 radical (unpaired) electrons. The van der Waals surface area contributed by atoms with Gasteiger partial charge in [-0.25, -0.2) is 4.98 Å². The van der Waals surface area contributed by atoms with E-state index in [-0.39, 0.29) is 0 Å². The van der Waals surface area contributed by atoms with Crippen LogP contribution in [0.4, 0.5) is 0 Å². The first kappa shape index (κ1) is 14.7. The smallest absolute Gasteiger partial charge is 0.306 e. The number of carboxylic acid groups (broad SMARTS) is 1. The highest BCUT2D eigenvalue weighted by atomic mass is 16.4. The van der Waals surface area contributed by atoms with Crippen molar-refractivity contribution in [3.63, 3.8) is 0 Å². The van der Waals surface area contributed by atoms with E-state index in [1.165, 1.54) is 0 Å². The predicted octanol–water partition coefficient (Wildman–Crippen LogP) is 1.35. The van der Waals surface area contributed by atoms with Gasteiger partial charge < -0.3 is 15.4 Å². The van der Waals surface area contributed by atoms with Gasteiger partial charge in [0.25, 0.3) is 0 Å². The molecular formula is C16H20N4O2. The molecule has 0 saturated heterocycles. The Morgan fingerprint density at radius 3 is 3.05 bits per heavy atom. The average Bonchev–Trinajstić information content (AvgIpc) is 2.94. The van der Waals surface area contributed by atoms with Crippen LogP contribution in [0.25, 0.3) is 5.69 Å². The van der Waals surface area contributed by atoms with Gasteiger partial charge in [-0.3, -0.25) is 9.78 Å².